The summed E-state index contributed by atoms with van der Waals surface area (Å²) >= 11 is 0. The Morgan fingerprint density at radius 2 is 1.80 bits per heavy atom. The van der Waals surface area contributed by atoms with Gasteiger partial charge in [0.2, 0.25) is 0 Å². The number of Topliss-reactive ketones (excluding diaryl/α,β-unsaturated/α-hetero) is 1. The molecule has 1 rings (SSSR count). The van der Waals surface area contributed by atoms with Gasteiger partial charge in [-0.25, -0.2) is 5.26 Å². The Bertz CT molecular complexity index is 327. The highest BCUT2D eigenvalue weighted by Gasteiger charge is 2.50. The summed E-state index contributed by atoms with van der Waals surface area (Å²) in [5, 5.41) is 11.2. The zero-order chi connectivity index (χ0) is 11.5. The van der Waals surface area contributed by atoms with Crippen LogP contribution in [0.2, 0.25) is 0 Å². The van der Waals surface area contributed by atoms with Crippen LogP contribution < -0.4 is 0 Å². The van der Waals surface area contributed by atoms with Gasteiger partial charge >= 0.3 is 10.1 Å². The van der Waals surface area contributed by atoms with Crippen molar-refractivity contribution in [1.82, 2.24) is 0 Å². The molecular weight excluding hydrogens is 224 g/mol. The lowest BCUT2D eigenvalue weighted by molar-refractivity contribution is -0.437. The van der Waals surface area contributed by atoms with Crippen LogP contribution in [0.1, 0.15) is 39.0 Å². The van der Waals surface area contributed by atoms with Crippen LogP contribution >= 0.6 is 0 Å². The lowest BCUT2D eigenvalue weighted by Crippen LogP contribution is -2.47. The van der Waals surface area contributed by atoms with Gasteiger partial charge in [-0.2, -0.15) is 8.42 Å². The fourth-order valence-electron chi connectivity index (χ4n) is 2.01. The number of rotatable bonds is 4. The van der Waals surface area contributed by atoms with Crippen molar-refractivity contribution in [3.63, 3.8) is 0 Å². The van der Waals surface area contributed by atoms with Crippen LogP contribution in [0.5, 0.6) is 0 Å². The summed E-state index contributed by atoms with van der Waals surface area (Å²) in [7, 11) is -4.22. The summed E-state index contributed by atoms with van der Waals surface area (Å²) in [6.07, 6.45) is 2.62. The van der Waals surface area contributed by atoms with E-state index in [1.807, 2.05) is 0 Å². The summed E-state index contributed by atoms with van der Waals surface area (Å²) < 4.78 is 25.5. The quantitative estimate of drug-likeness (QED) is 0.581. The Morgan fingerprint density at radius 1 is 1.27 bits per heavy atom. The number of hydrogen-bond donors (Lipinski definition) is 1. The molecule has 1 saturated carbocycles. The first-order valence-electron chi connectivity index (χ1n) is 4.71. The lowest BCUT2D eigenvalue weighted by Gasteiger charge is -2.32. The molecule has 0 heterocycles. The van der Waals surface area contributed by atoms with Crippen LogP contribution in [0, 0.1) is 0 Å². The van der Waals surface area contributed by atoms with Crippen LogP contribution in [0.4, 0.5) is 0 Å². The molecule has 1 N–H and O–H groups in total. The van der Waals surface area contributed by atoms with E-state index in [-0.39, 0.29) is 12.8 Å². The van der Waals surface area contributed by atoms with E-state index in [2.05, 4.69) is 9.37 Å². The van der Waals surface area contributed by atoms with Gasteiger partial charge in [0.1, 0.15) is 0 Å². The first kappa shape index (κ1) is 12.6. The van der Waals surface area contributed by atoms with Crippen LogP contribution in [0.3, 0.4) is 0 Å². The average Bonchev–Trinajstić information content (AvgIpc) is 2.18. The van der Waals surface area contributed by atoms with E-state index >= 15 is 0 Å². The van der Waals surface area contributed by atoms with Gasteiger partial charge in [0.05, 0.1) is 0 Å². The Hall–Kier alpha value is -0.500. The van der Waals surface area contributed by atoms with Crippen molar-refractivity contribution in [2.45, 2.75) is 43.8 Å². The van der Waals surface area contributed by atoms with E-state index in [0.717, 1.165) is 6.42 Å². The Labute approximate surface area is 88.2 Å². The van der Waals surface area contributed by atoms with Crippen molar-refractivity contribution < 1.29 is 27.8 Å². The van der Waals surface area contributed by atoms with Crippen molar-refractivity contribution in [1.29, 1.82) is 0 Å². The second-order valence-corrected chi connectivity index (χ2v) is 5.53. The van der Waals surface area contributed by atoms with E-state index in [9.17, 15) is 13.2 Å². The molecular formula is C8H14O6S. The molecule has 6 nitrogen and oxygen atoms in total. The van der Waals surface area contributed by atoms with Crippen molar-refractivity contribution in [2.75, 3.05) is 0 Å². The summed E-state index contributed by atoms with van der Waals surface area (Å²) in [6, 6.07) is 0. The van der Waals surface area contributed by atoms with Gasteiger partial charge in [0, 0.05) is 0 Å². The molecule has 0 amide bonds. The molecule has 1 aliphatic rings. The molecule has 0 unspecified atom stereocenters. The maximum absolute atomic E-state index is 11.6. The first-order valence-corrected chi connectivity index (χ1v) is 6.12. The van der Waals surface area contributed by atoms with Crippen molar-refractivity contribution in [2.24, 2.45) is 0 Å². The third-order valence-corrected chi connectivity index (χ3v) is 4.79. The molecule has 0 aromatic carbocycles. The molecule has 0 atom stereocenters. The van der Waals surface area contributed by atoms with Gasteiger partial charge in [-0.05, 0) is 19.8 Å². The standard InChI is InChI=1S/C8H14O6S/c1-7(9)8(5-3-2-4-6-8)15(11,12)14-13-10/h10H,2-6H2,1H3. The van der Waals surface area contributed by atoms with Crippen LogP contribution in [-0.2, 0) is 24.3 Å². The first-order chi connectivity index (χ1) is 6.96. The van der Waals surface area contributed by atoms with Gasteiger partial charge in [0.25, 0.3) is 0 Å². The second-order valence-electron chi connectivity index (χ2n) is 3.71. The van der Waals surface area contributed by atoms with Crippen molar-refractivity contribution in [3.05, 3.63) is 0 Å². The highest BCUT2D eigenvalue weighted by Crippen LogP contribution is 2.37. The molecule has 88 valence electrons. The summed E-state index contributed by atoms with van der Waals surface area (Å²) in [4.78, 5) is 11.4. The summed E-state index contributed by atoms with van der Waals surface area (Å²) in [5.74, 6) is -0.473. The molecule has 0 aliphatic heterocycles. The number of hydrogen-bond acceptors (Lipinski definition) is 6. The molecule has 0 bridgehead atoms. The third-order valence-electron chi connectivity index (χ3n) is 2.90. The maximum atomic E-state index is 11.6. The zero-order valence-corrected chi connectivity index (χ0v) is 9.25. The van der Waals surface area contributed by atoms with Gasteiger partial charge in [-0.3, -0.25) is 4.79 Å². The van der Waals surface area contributed by atoms with E-state index in [0.29, 0.717) is 12.8 Å². The van der Waals surface area contributed by atoms with E-state index in [4.69, 9.17) is 5.26 Å². The zero-order valence-electron chi connectivity index (χ0n) is 8.43. The summed E-state index contributed by atoms with van der Waals surface area (Å²) in [5.41, 5.74) is 0. The molecule has 7 heteroatoms. The molecule has 15 heavy (non-hydrogen) atoms. The predicted molar refractivity (Wildman–Crippen MR) is 50.2 cm³/mol. The highest BCUT2D eigenvalue weighted by atomic mass is 32.2. The van der Waals surface area contributed by atoms with Gasteiger partial charge < -0.3 is 0 Å². The molecule has 1 aliphatic carbocycles. The lowest BCUT2D eigenvalue weighted by atomic mass is 9.86. The Balaban J connectivity index is 3.05. The van der Waals surface area contributed by atoms with Gasteiger partial charge in [-0.1, -0.05) is 28.6 Å². The van der Waals surface area contributed by atoms with Gasteiger partial charge in [-0.15, -0.1) is 0 Å². The minimum atomic E-state index is -4.22. The van der Waals surface area contributed by atoms with Crippen LogP contribution in [-0.4, -0.2) is 24.2 Å². The monoisotopic (exact) mass is 238 g/mol. The molecule has 0 aromatic rings. The third kappa shape index (κ3) is 2.20. The van der Waals surface area contributed by atoms with Gasteiger partial charge in [0.15, 0.2) is 10.5 Å². The van der Waals surface area contributed by atoms with E-state index in [1.54, 1.807) is 0 Å². The minimum Gasteiger partial charge on any atom is -0.298 e. The van der Waals surface area contributed by atoms with Crippen LogP contribution in [0.15, 0.2) is 0 Å². The molecule has 1 fully saturated rings. The second kappa shape index (κ2) is 4.56. The fourth-order valence-corrected chi connectivity index (χ4v) is 3.36. The fraction of sp³-hybridized carbons (Fsp3) is 0.875. The smallest absolute Gasteiger partial charge is 0.298 e. The largest absolute Gasteiger partial charge is 0.308 e. The molecule has 0 saturated heterocycles. The van der Waals surface area contributed by atoms with Crippen LogP contribution in [0.25, 0.3) is 0 Å². The SMILES string of the molecule is CC(=O)C1(S(=O)(=O)OOO)CCCCC1. The normalized spacial score (nSPS) is 21.2. The van der Waals surface area contributed by atoms with E-state index < -0.39 is 20.6 Å². The summed E-state index contributed by atoms with van der Waals surface area (Å²) in [6.45, 7) is 1.21. The molecule has 0 spiro atoms. The topological polar surface area (TPSA) is 89.9 Å². The van der Waals surface area contributed by atoms with Crippen molar-refractivity contribution >= 4 is 15.9 Å². The predicted octanol–water partition coefficient (Wildman–Crippen LogP) is 1.03. The number of ketones is 1. The Morgan fingerprint density at radius 3 is 2.20 bits per heavy atom. The number of carbonyl (C=O) groups excluding carboxylic acids is 1. The molecule has 0 aromatic heterocycles. The number of carbonyl (C=O) groups is 1. The van der Waals surface area contributed by atoms with E-state index in [1.165, 1.54) is 6.92 Å². The average molecular weight is 238 g/mol. The molecule has 0 radical (unpaired) electrons. The van der Waals surface area contributed by atoms with Crippen molar-refractivity contribution in [3.8, 4) is 0 Å². The minimum absolute atomic E-state index is 0.216. The maximum Gasteiger partial charge on any atom is 0.308 e. The Kier molecular flexibility index (Phi) is 3.82. The highest BCUT2D eigenvalue weighted by molar-refractivity contribution is 7.88.